The van der Waals surface area contributed by atoms with Crippen molar-refractivity contribution in [3.8, 4) is 84.3 Å². The number of hydrogen-bond donors (Lipinski definition) is 0. The van der Waals surface area contributed by atoms with Crippen LogP contribution in [0, 0.1) is 0 Å². The van der Waals surface area contributed by atoms with Gasteiger partial charge in [-0.05, 0) is 201 Å². The van der Waals surface area contributed by atoms with E-state index >= 15 is 0 Å². The van der Waals surface area contributed by atoms with Crippen LogP contribution in [0.5, 0.6) is 0 Å². The zero-order valence-electron chi connectivity index (χ0n) is 64.9. The summed E-state index contributed by atoms with van der Waals surface area (Å²) < 4.78 is 6.91. The Hall–Kier alpha value is -16.7. The molecule has 0 saturated heterocycles. The van der Waals surface area contributed by atoms with E-state index < -0.39 is 0 Å². The standard InChI is InChI=1S/C45H26N6.2C31H20N4/c1-2-10-32-27(7-1)14-18-39-41(32)36-23-28(15-17-38(36)51(39)40-25-30-9-4-20-47-43(30)45-34(40)12-6-22-49-45)31-13-16-37(50-26-31)35-24-29-8-3-19-46-42(29)44-33(35)11-5-21-48-44;1-2-8-26-21(5-1)9-13-29-31(26)27-17-22(23-6-3-15-32-18-23)10-12-28(27)35(29)30-14-11-25(20-34-30)24-7-4-16-33-19-24;1-2-8-25-21(6-1)10-14-29-31(25)26-18-22(27-9-3-4-17-33-27)11-13-28(26)35(29)30-15-12-24(20-34-30)23-7-5-16-32-19-23/h1-26H;2*1-20H. The molecule has 0 radical (unpaired) electrons. The summed E-state index contributed by atoms with van der Waals surface area (Å²) in [5.74, 6) is 1.78. The average molecular weight is 1550 g/mol. The number of nitrogens with zero attached hydrogens (tertiary/aromatic N) is 14. The normalized spacial score (nSPS) is 11.6. The highest BCUT2D eigenvalue weighted by atomic mass is 15.1. The lowest BCUT2D eigenvalue weighted by atomic mass is 9.99. The van der Waals surface area contributed by atoms with E-state index in [2.05, 4.69) is 299 Å². The van der Waals surface area contributed by atoms with Gasteiger partial charge in [-0.2, -0.15) is 0 Å². The van der Waals surface area contributed by atoms with Gasteiger partial charge in [0.25, 0.3) is 0 Å². The summed E-state index contributed by atoms with van der Waals surface area (Å²) in [6, 6.07) is 111. The van der Waals surface area contributed by atoms with Gasteiger partial charge in [-0.3, -0.25) is 54.0 Å². The maximum absolute atomic E-state index is 5.02. The molecule has 0 bridgehead atoms. The fourth-order valence-electron chi connectivity index (χ4n) is 17.8. The van der Waals surface area contributed by atoms with E-state index in [9.17, 15) is 0 Å². The minimum atomic E-state index is 0.886. The third kappa shape index (κ3) is 12.1. The SMILES string of the molecule is c1ccc(-c2ccc3c(c2)c2c4ccccc4ccc2n3-c2ccc(-c3cccnc3)cn2)nc1.c1ccc2c(c1)ccc1c2c2cc(-c3ccc(-c4cc5cccnc5c5ncccc45)nc3)ccc2n1-c1cc2cccnc2c2ncccc12.c1cncc(-c2ccc(-n3c4ccc(-c5cccnc5)cc4c4c5ccccc5ccc43)nc2)c1. The molecule has 25 rings (SSSR count). The molecular formula is C107H66N14. The smallest absolute Gasteiger partial charge is 0.137 e. The summed E-state index contributed by atoms with van der Waals surface area (Å²) in [6.45, 7) is 0. The number of aromatic nitrogens is 14. The largest absolute Gasteiger partial charge is 0.309 e. The lowest BCUT2D eigenvalue weighted by Crippen LogP contribution is -1.97. The number of rotatable bonds is 9. The van der Waals surface area contributed by atoms with E-state index in [1.165, 1.54) is 64.6 Å². The molecule has 0 aliphatic heterocycles. The van der Waals surface area contributed by atoms with E-state index in [1.807, 2.05) is 129 Å². The highest BCUT2D eigenvalue weighted by molar-refractivity contribution is 6.25. The van der Waals surface area contributed by atoms with Crippen LogP contribution in [0.4, 0.5) is 0 Å². The minimum absolute atomic E-state index is 0.886. The maximum atomic E-state index is 5.02. The van der Waals surface area contributed by atoms with Gasteiger partial charge in [-0.15, -0.1) is 0 Å². The third-order valence-electron chi connectivity index (χ3n) is 23.4. The van der Waals surface area contributed by atoms with E-state index in [0.717, 1.165) is 161 Å². The lowest BCUT2D eigenvalue weighted by Gasteiger charge is -2.13. The minimum Gasteiger partial charge on any atom is -0.309 e. The van der Waals surface area contributed by atoms with E-state index in [0.29, 0.717) is 0 Å². The van der Waals surface area contributed by atoms with Crippen molar-refractivity contribution in [2.24, 2.45) is 0 Å². The Balaban J connectivity index is 0.000000109. The number of fused-ring (bicyclic) bond motifs is 21. The van der Waals surface area contributed by atoms with Crippen molar-refractivity contribution in [3.63, 3.8) is 0 Å². The molecule has 0 aliphatic rings. The summed E-state index contributed by atoms with van der Waals surface area (Å²) in [6.07, 6.45) is 26.0. The molecule has 14 heteroatoms. The van der Waals surface area contributed by atoms with Gasteiger partial charge in [0, 0.05) is 185 Å². The first kappa shape index (κ1) is 69.8. The van der Waals surface area contributed by atoms with Gasteiger partial charge in [0.05, 0.1) is 72.2 Å². The first-order valence-electron chi connectivity index (χ1n) is 40.2. The van der Waals surface area contributed by atoms with Crippen LogP contribution in [0.15, 0.2) is 402 Å². The van der Waals surface area contributed by atoms with Gasteiger partial charge in [0.2, 0.25) is 0 Å². The van der Waals surface area contributed by atoms with Crippen LogP contribution in [-0.4, -0.2) is 68.5 Å². The van der Waals surface area contributed by atoms with Crippen molar-refractivity contribution >= 4 is 141 Å². The molecule has 564 valence electrons. The molecule has 0 atom stereocenters. The third-order valence-corrected chi connectivity index (χ3v) is 23.4. The predicted molar refractivity (Wildman–Crippen MR) is 493 cm³/mol. The summed E-state index contributed by atoms with van der Waals surface area (Å²) >= 11 is 0. The molecule has 11 aromatic carbocycles. The Morgan fingerprint density at radius 3 is 1.04 bits per heavy atom. The summed E-state index contributed by atoms with van der Waals surface area (Å²) in [5, 5.41) is 18.8. The zero-order valence-corrected chi connectivity index (χ0v) is 64.9. The number of hydrogen-bond acceptors (Lipinski definition) is 11. The molecule has 0 spiro atoms. The van der Waals surface area contributed by atoms with Gasteiger partial charge < -0.3 is 4.57 Å². The van der Waals surface area contributed by atoms with E-state index in [4.69, 9.17) is 29.9 Å². The van der Waals surface area contributed by atoms with Gasteiger partial charge in [-0.1, -0.05) is 158 Å². The molecule has 14 aromatic heterocycles. The Morgan fingerprint density at radius 2 is 0.554 bits per heavy atom. The highest BCUT2D eigenvalue weighted by Crippen LogP contribution is 2.45. The molecule has 0 saturated carbocycles. The second kappa shape index (κ2) is 29.2. The van der Waals surface area contributed by atoms with Gasteiger partial charge >= 0.3 is 0 Å². The second-order valence-electron chi connectivity index (χ2n) is 30.2. The van der Waals surface area contributed by atoms with Crippen molar-refractivity contribution < 1.29 is 0 Å². The molecule has 0 fully saturated rings. The highest BCUT2D eigenvalue weighted by Gasteiger charge is 2.23. The number of pyridine rings is 11. The van der Waals surface area contributed by atoms with E-state index in [1.54, 1.807) is 12.4 Å². The molecule has 0 aliphatic carbocycles. The monoisotopic (exact) mass is 1550 g/mol. The van der Waals surface area contributed by atoms with Gasteiger partial charge in [0.1, 0.15) is 11.6 Å². The summed E-state index contributed by atoms with van der Waals surface area (Å²) in [5.41, 5.74) is 24.1. The van der Waals surface area contributed by atoms with Crippen molar-refractivity contribution in [2.45, 2.75) is 0 Å². The topological polar surface area (TPSA) is 157 Å². The molecule has 25 aromatic rings. The second-order valence-corrected chi connectivity index (χ2v) is 30.2. The van der Waals surface area contributed by atoms with Crippen molar-refractivity contribution in [2.75, 3.05) is 0 Å². The van der Waals surface area contributed by atoms with Crippen LogP contribution in [0.3, 0.4) is 0 Å². The molecule has 121 heavy (non-hydrogen) atoms. The van der Waals surface area contributed by atoms with Crippen LogP contribution >= 0.6 is 0 Å². The van der Waals surface area contributed by atoms with Gasteiger partial charge in [0.15, 0.2) is 0 Å². The Labute approximate surface area is 692 Å². The zero-order chi connectivity index (χ0) is 79.9. The van der Waals surface area contributed by atoms with Gasteiger partial charge in [-0.25, -0.2) is 9.97 Å². The summed E-state index contributed by atoms with van der Waals surface area (Å²) in [7, 11) is 0. The van der Waals surface area contributed by atoms with Crippen molar-refractivity contribution in [1.29, 1.82) is 0 Å². The molecule has 14 nitrogen and oxygen atoms in total. The Bertz CT molecular complexity index is 8090. The maximum Gasteiger partial charge on any atom is 0.137 e. The average Bonchev–Trinajstić information content (AvgIpc) is 1.59. The van der Waals surface area contributed by atoms with Crippen LogP contribution < -0.4 is 0 Å². The quantitative estimate of drug-likeness (QED) is 0.127. The first-order chi connectivity index (χ1) is 60.0. The van der Waals surface area contributed by atoms with Crippen molar-refractivity contribution in [3.05, 3.63) is 402 Å². The lowest BCUT2D eigenvalue weighted by molar-refractivity contribution is 1.08. The Morgan fingerprint density at radius 1 is 0.182 bits per heavy atom. The Kier molecular flexibility index (Phi) is 16.9. The predicted octanol–water partition coefficient (Wildman–Crippen LogP) is 25.8. The van der Waals surface area contributed by atoms with Crippen LogP contribution in [0.1, 0.15) is 0 Å². The molecule has 0 unspecified atom stereocenters. The molecular weight excluding hydrogens is 1480 g/mol. The molecule has 14 heterocycles. The summed E-state index contributed by atoms with van der Waals surface area (Å²) in [4.78, 5) is 51.0. The first-order valence-corrected chi connectivity index (χ1v) is 40.2. The molecule has 0 amide bonds. The molecule has 0 N–H and O–H groups in total. The van der Waals surface area contributed by atoms with Crippen LogP contribution in [-0.2, 0) is 0 Å². The van der Waals surface area contributed by atoms with Crippen LogP contribution in [0.2, 0.25) is 0 Å². The fraction of sp³-hybridized carbons (Fsp3) is 0. The van der Waals surface area contributed by atoms with E-state index in [-0.39, 0.29) is 0 Å². The van der Waals surface area contributed by atoms with Crippen molar-refractivity contribution in [1.82, 2.24) is 68.5 Å². The fourth-order valence-corrected chi connectivity index (χ4v) is 17.8. The number of benzene rings is 11. The van der Waals surface area contributed by atoms with Crippen LogP contribution in [0.25, 0.3) is 226 Å².